The molecule has 0 saturated heterocycles. The van der Waals surface area contributed by atoms with Gasteiger partial charge in [0.15, 0.2) is 17.1 Å². The number of carboxylic acid groups (broad SMARTS) is 1. The number of nitrogens with zero attached hydrogens (tertiary/aromatic N) is 3. The Labute approximate surface area is 120 Å². The Kier molecular flexibility index (Phi) is 2.91. The molecule has 0 aliphatic carbocycles. The summed E-state index contributed by atoms with van der Waals surface area (Å²) in [5, 5.41) is 8.71. The Balaban J connectivity index is 2.32. The molecule has 0 aliphatic heterocycles. The maximum Gasteiger partial charge on any atom is 0.364 e. The van der Waals surface area contributed by atoms with Crippen LogP contribution in [0.1, 0.15) is 16.2 Å². The van der Waals surface area contributed by atoms with Crippen LogP contribution < -0.4 is 0 Å². The van der Waals surface area contributed by atoms with Crippen LogP contribution in [0, 0.1) is 0 Å². The summed E-state index contributed by atoms with van der Waals surface area (Å²) >= 11 is 5.06. The quantitative estimate of drug-likeness (QED) is 0.752. The van der Waals surface area contributed by atoms with Gasteiger partial charge in [0.05, 0.1) is 6.26 Å². The van der Waals surface area contributed by atoms with Crippen LogP contribution in [0.15, 0.2) is 34.9 Å². The van der Waals surface area contributed by atoms with E-state index in [0.29, 0.717) is 4.52 Å². The third kappa shape index (κ3) is 2.33. The molecule has 9 heteroatoms. The summed E-state index contributed by atoms with van der Waals surface area (Å²) in [6.45, 7) is 0. The van der Waals surface area contributed by atoms with Crippen molar-refractivity contribution in [1.29, 1.82) is 0 Å². The molecule has 108 valence electrons. The second-order valence-electron chi connectivity index (χ2n) is 4.11. The van der Waals surface area contributed by atoms with E-state index < -0.39 is 22.7 Å². The molecule has 3 aromatic rings. The van der Waals surface area contributed by atoms with Crippen molar-refractivity contribution < 1.29 is 23.1 Å². The normalized spacial score (nSPS) is 12.0. The third-order valence-electron chi connectivity index (χ3n) is 2.71. The molecule has 3 rings (SSSR count). The molecular formula is C12H6ClF2N3O3. The lowest BCUT2D eigenvalue weighted by atomic mass is 10.2. The van der Waals surface area contributed by atoms with Gasteiger partial charge in [-0.15, -0.1) is 0 Å². The van der Waals surface area contributed by atoms with Gasteiger partial charge in [-0.2, -0.15) is 13.9 Å². The maximum atomic E-state index is 13.5. The van der Waals surface area contributed by atoms with E-state index in [1.54, 1.807) is 6.07 Å². The summed E-state index contributed by atoms with van der Waals surface area (Å²) in [7, 11) is 0. The number of furan rings is 1. The van der Waals surface area contributed by atoms with E-state index in [1.165, 1.54) is 12.3 Å². The predicted octanol–water partition coefficient (Wildman–Crippen LogP) is 2.98. The second-order valence-corrected chi connectivity index (χ2v) is 4.58. The molecule has 0 spiro atoms. The van der Waals surface area contributed by atoms with Crippen molar-refractivity contribution in [2.75, 3.05) is 0 Å². The van der Waals surface area contributed by atoms with E-state index in [-0.39, 0.29) is 17.1 Å². The SMILES string of the molecule is O=C(O)c1cc2nc(-c3ccco3)cc(C(F)(F)Cl)n2n1. The van der Waals surface area contributed by atoms with Crippen molar-refractivity contribution in [3.8, 4) is 11.5 Å². The van der Waals surface area contributed by atoms with Gasteiger partial charge in [-0.05, 0) is 29.8 Å². The Bertz CT molecular complexity index is 824. The molecular weight excluding hydrogens is 308 g/mol. The molecule has 3 aromatic heterocycles. The van der Waals surface area contributed by atoms with Gasteiger partial charge >= 0.3 is 11.4 Å². The largest absolute Gasteiger partial charge is 0.476 e. The van der Waals surface area contributed by atoms with Gasteiger partial charge in [0.25, 0.3) is 0 Å². The molecule has 0 atom stereocenters. The molecule has 0 fully saturated rings. The zero-order valence-corrected chi connectivity index (χ0v) is 10.9. The fraction of sp³-hybridized carbons (Fsp3) is 0.0833. The van der Waals surface area contributed by atoms with Crippen molar-refractivity contribution in [1.82, 2.24) is 14.6 Å². The number of halogens is 3. The fourth-order valence-corrected chi connectivity index (χ4v) is 1.97. The lowest BCUT2D eigenvalue weighted by Crippen LogP contribution is -2.13. The number of aromatic carboxylic acids is 1. The Hall–Kier alpha value is -2.48. The first-order chi connectivity index (χ1) is 9.86. The highest BCUT2D eigenvalue weighted by atomic mass is 35.5. The molecule has 6 nitrogen and oxygen atoms in total. The first-order valence-corrected chi connectivity index (χ1v) is 5.99. The van der Waals surface area contributed by atoms with Crippen molar-refractivity contribution in [2.24, 2.45) is 0 Å². The van der Waals surface area contributed by atoms with Crippen LogP contribution in [0.2, 0.25) is 0 Å². The van der Waals surface area contributed by atoms with E-state index in [9.17, 15) is 13.6 Å². The van der Waals surface area contributed by atoms with Gasteiger partial charge < -0.3 is 9.52 Å². The molecule has 0 amide bonds. The molecule has 1 N–H and O–H groups in total. The molecule has 0 aliphatic rings. The second kappa shape index (κ2) is 4.52. The van der Waals surface area contributed by atoms with E-state index in [0.717, 1.165) is 12.1 Å². The summed E-state index contributed by atoms with van der Waals surface area (Å²) < 4.78 is 32.8. The number of hydrogen-bond donors (Lipinski definition) is 1. The molecule has 0 radical (unpaired) electrons. The topological polar surface area (TPSA) is 80.6 Å². The van der Waals surface area contributed by atoms with E-state index in [1.807, 2.05) is 0 Å². The van der Waals surface area contributed by atoms with Crippen LogP contribution in [-0.2, 0) is 5.38 Å². The smallest absolute Gasteiger partial charge is 0.364 e. The zero-order chi connectivity index (χ0) is 15.2. The van der Waals surface area contributed by atoms with Gasteiger partial charge in [0.1, 0.15) is 11.4 Å². The van der Waals surface area contributed by atoms with Gasteiger partial charge in [0, 0.05) is 6.07 Å². The summed E-state index contributed by atoms with van der Waals surface area (Å²) in [4.78, 5) is 14.9. The number of hydrogen-bond acceptors (Lipinski definition) is 4. The standard InChI is InChI=1S/C12H6ClF2N3O3/c13-12(14,15)9-4-6(8-2-1-3-21-8)16-10-5-7(11(19)20)17-18(9)10/h1-5H,(H,19,20). The van der Waals surface area contributed by atoms with Gasteiger partial charge in [-0.3, -0.25) is 0 Å². The number of fused-ring (bicyclic) bond motifs is 1. The highest BCUT2D eigenvalue weighted by molar-refractivity contribution is 6.21. The van der Waals surface area contributed by atoms with E-state index in [4.69, 9.17) is 21.1 Å². The first kappa shape index (κ1) is 13.5. The van der Waals surface area contributed by atoms with Crippen LogP contribution >= 0.6 is 11.6 Å². The molecule has 3 heterocycles. The highest BCUT2D eigenvalue weighted by Crippen LogP contribution is 2.34. The fourth-order valence-electron chi connectivity index (χ4n) is 1.83. The van der Waals surface area contributed by atoms with Crippen LogP contribution in [0.5, 0.6) is 0 Å². The van der Waals surface area contributed by atoms with Crippen LogP contribution in [0.25, 0.3) is 17.1 Å². The maximum absolute atomic E-state index is 13.5. The average molecular weight is 314 g/mol. The van der Waals surface area contributed by atoms with Gasteiger partial charge in [0.2, 0.25) is 0 Å². The average Bonchev–Trinajstić information content (AvgIpc) is 3.05. The number of rotatable bonds is 3. The van der Waals surface area contributed by atoms with Crippen LogP contribution in [0.3, 0.4) is 0 Å². The number of carbonyl (C=O) groups is 1. The van der Waals surface area contributed by atoms with Gasteiger partial charge in [-0.25, -0.2) is 14.3 Å². The molecule has 0 bridgehead atoms. The van der Waals surface area contributed by atoms with Crippen LogP contribution in [0.4, 0.5) is 8.78 Å². The lowest BCUT2D eigenvalue weighted by Gasteiger charge is -2.11. The minimum atomic E-state index is -3.75. The summed E-state index contributed by atoms with van der Waals surface area (Å²) in [6, 6.07) is 5.17. The monoisotopic (exact) mass is 313 g/mol. The first-order valence-electron chi connectivity index (χ1n) is 5.61. The summed E-state index contributed by atoms with van der Waals surface area (Å²) in [5.41, 5.74) is -1.09. The van der Waals surface area contributed by atoms with Crippen molar-refractivity contribution >= 4 is 23.2 Å². The number of carboxylic acids is 1. The Morgan fingerprint density at radius 3 is 2.76 bits per heavy atom. The number of aromatic nitrogens is 3. The summed E-state index contributed by atoms with van der Waals surface area (Å²) in [6.07, 6.45) is 1.36. The van der Waals surface area contributed by atoms with Gasteiger partial charge in [-0.1, -0.05) is 0 Å². The van der Waals surface area contributed by atoms with Crippen molar-refractivity contribution in [3.05, 3.63) is 41.9 Å². The van der Waals surface area contributed by atoms with Crippen molar-refractivity contribution in [2.45, 2.75) is 5.38 Å². The van der Waals surface area contributed by atoms with E-state index in [2.05, 4.69) is 10.1 Å². The highest BCUT2D eigenvalue weighted by Gasteiger charge is 2.33. The van der Waals surface area contributed by atoms with E-state index >= 15 is 0 Å². The predicted molar refractivity (Wildman–Crippen MR) is 67.4 cm³/mol. The Morgan fingerprint density at radius 1 is 1.43 bits per heavy atom. The van der Waals surface area contributed by atoms with Crippen LogP contribution in [-0.4, -0.2) is 25.7 Å². The minimum absolute atomic E-state index is 0.0726. The zero-order valence-electron chi connectivity index (χ0n) is 10.1. The summed E-state index contributed by atoms with van der Waals surface area (Å²) in [5.74, 6) is -1.11. The molecule has 21 heavy (non-hydrogen) atoms. The lowest BCUT2D eigenvalue weighted by molar-refractivity contribution is 0.0686. The molecule has 0 aromatic carbocycles. The third-order valence-corrected chi connectivity index (χ3v) is 2.90. The number of alkyl halides is 3. The molecule has 0 saturated carbocycles. The van der Waals surface area contributed by atoms with Crippen molar-refractivity contribution in [3.63, 3.8) is 0 Å². The molecule has 0 unspecified atom stereocenters. The Morgan fingerprint density at radius 2 is 2.19 bits per heavy atom. The minimum Gasteiger partial charge on any atom is -0.476 e.